The molecule has 6 nitrogen and oxygen atoms in total. The van der Waals surface area contributed by atoms with Crippen molar-refractivity contribution in [2.75, 3.05) is 26.1 Å². The van der Waals surface area contributed by atoms with Gasteiger partial charge in [-0.1, -0.05) is 11.6 Å². The van der Waals surface area contributed by atoms with Crippen LogP contribution in [-0.4, -0.2) is 43.0 Å². The van der Waals surface area contributed by atoms with Gasteiger partial charge in [0.05, 0.1) is 18.4 Å². The fourth-order valence-corrected chi connectivity index (χ4v) is 1.54. The number of hydrogen-bond donors (Lipinski definition) is 1. The van der Waals surface area contributed by atoms with Crippen LogP contribution < -0.4 is 10.9 Å². The van der Waals surface area contributed by atoms with Crippen molar-refractivity contribution in [1.82, 2.24) is 9.78 Å². The molecule has 0 aromatic carbocycles. The molecular formula is C10H13ClF3N3O3. The van der Waals surface area contributed by atoms with Gasteiger partial charge in [0.25, 0.3) is 5.56 Å². The molecule has 0 atom stereocenters. The van der Waals surface area contributed by atoms with Crippen molar-refractivity contribution >= 4 is 17.3 Å². The molecule has 20 heavy (non-hydrogen) atoms. The lowest BCUT2D eigenvalue weighted by Crippen LogP contribution is -2.31. The molecule has 0 amide bonds. The number of nitrogens with zero attached hydrogens (tertiary/aromatic N) is 2. The number of aromatic nitrogens is 2. The molecule has 0 saturated carbocycles. The highest BCUT2D eigenvalue weighted by Crippen LogP contribution is 2.19. The second-order valence-electron chi connectivity index (χ2n) is 3.73. The van der Waals surface area contributed by atoms with Crippen molar-refractivity contribution in [2.24, 2.45) is 0 Å². The lowest BCUT2D eigenvalue weighted by atomic mass is 10.4. The Morgan fingerprint density at radius 2 is 2.05 bits per heavy atom. The van der Waals surface area contributed by atoms with Gasteiger partial charge in [-0.15, -0.1) is 0 Å². The van der Waals surface area contributed by atoms with Crippen molar-refractivity contribution in [3.63, 3.8) is 0 Å². The summed E-state index contributed by atoms with van der Waals surface area (Å²) >= 11 is 5.71. The van der Waals surface area contributed by atoms with Gasteiger partial charge >= 0.3 is 6.18 Å². The highest BCUT2D eigenvalue weighted by atomic mass is 35.5. The Hall–Kier alpha value is -1.32. The molecule has 0 aliphatic rings. The molecule has 1 aromatic heterocycles. The molecule has 1 heterocycles. The van der Waals surface area contributed by atoms with Gasteiger partial charge in [0.1, 0.15) is 11.6 Å². The SMILES string of the molecule is COC(CNc1cnn(CC(F)(F)F)c(=O)c1Cl)OC. The van der Waals surface area contributed by atoms with Crippen LogP contribution in [0, 0.1) is 0 Å². The van der Waals surface area contributed by atoms with Gasteiger partial charge in [-0.25, -0.2) is 4.68 Å². The van der Waals surface area contributed by atoms with Crippen LogP contribution in [-0.2, 0) is 16.0 Å². The third-order valence-corrected chi connectivity index (χ3v) is 2.66. The first-order valence-corrected chi connectivity index (χ1v) is 5.78. The summed E-state index contributed by atoms with van der Waals surface area (Å²) in [5, 5.41) is 5.74. The minimum atomic E-state index is -4.55. The summed E-state index contributed by atoms with van der Waals surface area (Å²) in [5.74, 6) is 0. The lowest BCUT2D eigenvalue weighted by molar-refractivity contribution is -0.143. The predicted octanol–water partition coefficient (Wildman–Crippen LogP) is 1.49. The van der Waals surface area contributed by atoms with Crippen LogP contribution in [0.5, 0.6) is 0 Å². The monoisotopic (exact) mass is 315 g/mol. The molecular weight excluding hydrogens is 303 g/mol. The highest BCUT2D eigenvalue weighted by Gasteiger charge is 2.29. The van der Waals surface area contributed by atoms with E-state index < -0.39 is 24.6 Å². The molecule has 0 aliphatic heterocycles. The highest BCUT2D eigenvalue weighted by molar-refractivity contribution is 6.32. The second kappa shape index (κ2) is 6.91. The summed E-state index contributed by atoms with van der Waals surface area (Å²) in [6, 6.07) is 0. The van der Waals surface area contributed by atoms with Crippen LogP contribution in [0.4, 0.5) is 18.9 Å². The Kier molecular flexibility index (Phi) is 5.78. The molecule has 1 N–H and O–H groups in total. The van der Waals surface area contributed by atoms with Gasteiger partial charge in [-0.2, -0.15) is 18.3 Å². The molecule has 114 valence electrons. The molecule has 0 saturated heterocycles. The summed E-state index contributed by atoms with van der Waals surface area (Å²) in [5.41, 5.74) is -0.922. The van der Waals surface area contributed by atoms with E-state index in [-0.39, 0.29) is 21.9 Å². The van der Waals surface area contributed by atoms with Crippen molar-refractivity contribution in [1.29, 1.82) is 0 Å². The van der Waals surface area contributed by atoms with Gasteiger partial charge in [-0.05, 0) is 0 Å². The average Bonchev–Trinajstić information content (AvgIpc) is 2.37. The Balaban J connectivity index is 2.87. The van der Waals surface area contributed by atoms with Crippen LogP contribution in [0.25, 0.3) is 0 Å². The molecule has 1 rings (SSSR count). The number of methoxy groups -OCH3 is 2. The van der Waals surface area contributed by atoms with Crippen molar-refractivity contribution in [3.8, 4) is 0 Å². The van der Waals surface area contributed by atoms with E-state index in [1.54, 1.807) is 0 Å². The summed E-state index contributed by atoms with van der Waals surface area (Å²) in [6.45, 7) is -1.35. The average molecular weight is 316 g/mol. The van der Waals surface area contributed by atoms with E-state index in [0.29, 0.717) is 0 Å². The standard InChI is InChI=1S/C10H13ClF3N3O3/c1-19-7(20-2)4-15-6-3-16-17(5-10(12,13)14)9(18)8(6)11/h3,7,15H,4-5H2,1-2H3. The van der Waals surface area contributed by atoms with Crippen molar-refractivity contribution < 1.29 is 22.6 Å². The topological polar surface area (TPSA) is 65.4 Å². The first-order valence-electron chi connectivity index (χ1n) is 5.40. The van der Waals surface area contributed by atoms with Crippen LogP contribution in [0.3, 0.4) is 0 Å². The molecule has 0 radical (unpaired) electrons. The maximum Gasteiger partial charge on any atom is 0.408 e. The largest absolute Gasteiger partial charge is 0.408 e. The minimum absolute atomic E-state index is 0.106. The van der Waals surface area contributed by atoms with Gasteiger partial charge in [0, 0.05) is 14.2 Å². The molecule has 0 fully saturated rings. The second-order valence-corrected chi connectivity index (χ2v) is 4.11. The van der Waals surface area contributed by atoms with Gasteiger partial charge in [0.2, 0.25) is 0 Å². The molecule has 0 aliphatic carbocycles. The third kappa shape index (κ3) is 4.66. The van der Waals surface area contributed by atoms with Gasteiger partial charge in [-0.3, -0.25) is 4.79 Å². The number of alkyl halides is 3. The molecule has 10 heteroatoms. The van der Waals surface area contributed by atoms with Crippen molar-refractivity contribution in [2.45, 2.75) is 19.0 Å². The Morgan fingerprint density at radius 1 is 1.45 bits per heavy atom. The quantitative estimate of drug-likeness (QED) is 0.806. The summed E-state index contributed by atoms with van der Waals surface area (Å²) in [7, 11) is 2.83. The number of halogens is 4. The Morgan fingerprint density at radius 3 is 2.55 bits per heavy atom. The number of rotatable bonds is 6. The zero-order valence-corrected chi connectivity index (χ0v) is 11.5. The molecule has 0 unspecified atom stereocenters. The molecule has 0 spiro atoms. The van der Waals surface area contributed by atoms with Gasteiger partial charge in [0.15, 0.2) is 6.29 Å². The first kappa shape index (κ1) is 16.7. The van der Waals surface area contributed by atoms with E-state index in [9.17, 15) is 18.0 Å². The number of hydrogen-bond acceptors (Lipinski definition) is 5. The Bertz CT molecular complexity index is 503. The number of ether oxygens (including phenoxy) is 2. The number of nitrogens with one attached hydrogen (secondary N) is 1. The lowest BCUT2D eigenvalue weighted by Gasteiger charge is -2.16. The van der Waals surface area contributed by atoms with Crippen molar-refractivity contribution in [3.05, 3.63) is 21.6 Å². The normalized spacial score (nSPS) is 11.9. The van der Waals surface area contributed by atoms with E-state index >= 15 is 0 Å². The van der Waals surface area contributed by atoms with E-state index in [0.717, 1.165) is 6.20 Å². The summed E-state index contributed by atoms with van der Waals surface area (Å²) in [4.78, 5) is 11.6. The third-order valence-electron chi connectivity index (χ3n) is 2.30. The zero-order chi connectivity index (χ0) is 15.3. The predicted molar refractivity (Wildman–Crippen MR) is 65.9 cm³/mol. The number of anilines is 1. The van der Waals surface area contributed by atoms with Crippen LogP contribution in [0.1, 0.15) is 0 Å². The summed E-state index contributed by atoms with van der Waals surface area (Å²) in [6.07, 6.45) is -4.10. The Labute approximate surface area is 117 Å². The fourth-order valence-electron chi connectivity index (χ4n) is 1.33. The molecule has 1 aromatic rings. The zero-order valence-electron chi connectivity index (χ0n) is 10.7. The fraction of sp³-hybridized carbons (Fsp3) is 0.600. The van der Waals surface area contributed by atoms with Crippen LogP contribution in [0.15, 0.2) is 11.0 Å². The van der Waals surface area contributed by atoms with Gasteiger partial charge < -0.3 is 14.8 Å². The van der Waals surface area contributed by atoms with E-state index in [1.165, 1.54) is 14.2 Å². The maximum absolute atomic E-state index is 12.2. The smallest absolute Gasteiger partial charge is 0.377 e. The van der Waals surface area contributed by atoms with Crippen LogP contribution >= 0.6 is 11.6 Å². The van der Waals surface area contributed by atoms with E-state index in [4.69, 9.17) is 21.1 Å². The summed E-state index contributed by atoms with van der Waals surface area (Å²) < 4.78 is 46.7. The first-order chi connectivity index (χ1) is 9.28. The maximum atomic E-state index is 12.2. The van der Waals surface area contributed by atoms with E-state index in [1.807, 2.05) is 0 Å². The molecule has 0 bridgehead atoms. The van der Waals surface area contributed by atoms with E-state index in [2.05, 4.69) is 10.4 Å². The van der Waals surface area contributed by atoms with Crippen LogP contribution in [0.2, 0.25) is 5.02 Å². The minimum Gasteiger partial charge on any atom is -0.377 e.